The fraction of sp³-hybridized carbons (Fsp3) is 1.00. The van der Waals surface area contributed by atoms with Gasteiger partial charge in [0.1, 0.15) is 0 Å². The molecule has 0 aromatic carbocycles. The van der Waals surface area contributed by atoms with E-state index in [1.165, 1.54) is 0 Å². The van der Waals surface area contributed by atoms with E-state index >= 15 is 0 Å². The normalized spacial score (nSPS) is 11.8. The summed E-state index contributed by atoms with van der Waals surface area (Å²) in [4.78, 5) is 0. The van der Waals surface area contributed by atoms with Crippen LogP contribution in [0.15, 0.2) is 0 Å². The molecule has 0 amide bonds. The Hall–Kier alpha value is -0.400. The van der Waals surface area contributed by atoms with Crippen molar-refractivity contribution in [2.75, 3.05) is 105 Å². The molecule has 0 radical (unpaired) electrons. The third kappa shape index (κ3) is 23.3. The van der Waals surface area contributed by atoms with Crippen LogP contribution in [0, 0.1) is 0 Å². The highest BCUT2D eigenvalue weighted by Crippen LogP contribution is 2.07. The molecule has 0 aliphatic heterocycles. The molecule has 0 aromatic rings. The molecule has 0 atom stereocenters. The van der Waals surface area contributed by atoms with Crippen molar-refractivity contribution in [1.82, 2.24) is 10.0 Å². The van der Waals surface area contributed by atoms with Gasteiger partial charge < -0.3 is 39.4 Å². The summed E-state index contributed by atoms with van der Waals surface area (Å²) in [7, 11) is 0. The van der Waals surface area contributed by atoms with Crippen molar-refractivity contribution in [2.24, 2.45) is 0 Å². The van der Waals surface area contributed by atoms with Crippen molar-refractivity contribution < 1.29 is 39.4 Å². The first-order valence-electron chi connectivity index (χ1n) is 13.0. The van der Waals surface area contributed by atoms with Crippen LogP contribution in [-0.2, 0) is 18.9 Å². The SMILES string of the molecule is OCCCOCCCN(CCCOCCCO)N(CCCOCCCO)CCCOCCCO. The number of rotatable bonds is 29. The molecule has 0 aliphatic carbocycles. The first kappa shape index (κ1) is 33.6. The van der Waals surface area contributed by atoms with Crippen molar-refractivity contribution in [2.45, 2.75) is 51.4 Å². The molecular weight excluding hydrogens is 444 g/mol. The minimum absolute atomic E-state index is 0.150. The summed E-state index contributed by atoms with van der Waals surface area (Å²) in [6.07, 6.45) is 6.23. The Labute approximate surface area is 206 Å². The highest BCUT2D eigenvalue weighted by atomic mass is 16.5. The maximum absolute atomic E-state index is 8.89. The minimum atomic E-state index is 0.150. The maximum Gasteiger partial charge on any atom is 0.0487 e. The third-order valence-corrected chi connectivity index (χ3v) is 5.01. The molecule has 10 nitrogen and oxygen atoms in total. The molecule has 0 saturated carbocycles. The minimum Gasteiger partial charge on any atom is -0.396 e. The van der Waals surface area contributed by atoms with Gasteiger partial charge in [0.2, 0.25) is 0 Å². The molecule has 10 heteroatoms. The van der Waals surface area contributed by atoms with E-state index in [1.807, 2.05) is 0 Å². The molecule has 0 fully saturated rings. The Morgan fingerprint density at radius 3 is 0.735 bits per heavy atom. The van der Waals surface area contributed by atoms with Crippen molar-refractivity contribution in [3.05, 3.63) is 0 Å². The number of hydrazine groups is 1. The summed E-state index contributed by atoms with van der Waals surface area (Å²) >= 11 is 0. The van der Waals surface area contributed by atoms with Crippen LogP contribution in [0.3, 0.4) is 0 Å². The molecule has 34 heavy (non-hydrogen) atoms. The molecule has 0 spiro atoms. The van der Waals surface area contributed by atoms with Crippen LogP contribution >= 0.6 is 0 Å². The molecule has 0 unspecified atom stereocenters. The summed E-state index contributed by atoms with van der Waals surface area (Å²) in [5.41, 5.74) is 0. The zero-order valence-corrected chi connectivity index (χ0v) is 21.3. The first-order valence-corrected chi connectivity index (χ1v) is 13.0. The second-order valence-electron chi connectivity index (χ2n) is 8.08. The lowest BCUT2D eigenvalue weighted by Crippen LogP contribution is -2.46. The van der Waals surface area contributed by atoms with Crippen LogP contribution < -0.4 is 0 Å². The van der Waals surface area contributed by atoms with Crippen molar-refractivity contribution >= 4 is 0 Å². The fourth-order valence-corrected chi connectivity index (χ4v) is 3.26. The summed E-state index contributed by atoms with van der Waals surface area (Å²) in [5.74, 6) is 0. The molecule has 0 saturated heterocycles. The van der Waals surface area contributed by atoms with Gasteiger partial charge in [0.05, 0.1) is 0 Å². The Kier molecular flexibility index (Phi) is 28.5. The van der Waals surface area contributed by atoms with Crippen LogP contribution in [0.25, 0.3) is 0 Å². The average Bonchev–Trinajstić information content (AvgIpc) is 2.85. The van der Waals surface area contributed by atoms with E-state index in [4.69, 9.17) is 39.4 Å². The van der Waals surface area contributed by atoms with Crippen LogP contribution in [0.2, 0.25) is 0 Å². The van der Waals surface area contributed by atoms with E-state index in [1.54, 1.807) is 0 Å². The van der Waals surface area contributed by atoms with Gasteiger partial charge in [-0.15, -0.1) is 0 Å². The Morgan fingerprint density at radius 2 is 0.529 bits per heavy atom. The van der Waals surface area contributed by atoms with Crippen LogP contribution in [-0.4, -0.2) is 136 Å². The highest BCUT2D eigenvalue weighted by Gasteiger charge is 2.15. The van der Waals surface area contributed by atoms with Crippen LogP contribution in [0.5, 0.6) is 0 Å². The lowest BCUT2D eigenvalue weighted by molar-refractivity contribution is -0.0478. The number of hydrogen-bond donors (Lipinski definition) is 4. The fourth-order valence-electron chi connectivity index (χ4n) is 3.26. The van der Waals surface area contributed by atoms with Gasteiger partial charge in [-0.3, -0.25) is 0 Å². The van der Waals surface area contributed by atoms with Crippen molar-refractivity contribution in [3.63, 3.8) is 0 Å². The van der Waals surface area contributed by atoms with Gasteiger partial charge in [-0.1, -0.05) is 0 Å². The molecule has 0 rings (SSSR count). The first-order chi connectivity index (χ1) is 16.8. The Balaban J connectivity index is 4.66. The number of ether oxygens (including phenoxy) is 4. The molecule has 0 bridgehead atoms. The average molecular weight is 497 g/mol. The van der Waals surface area contributed by atoms with Crippen LogP contribution in [0.4, 0.5) is 0 Å². The third-order valence-electron chi connectivity index (χ3n) is 5.01. The van der Waals surface area contributed by atoms with Gasteiger partial charge in [0, 0.05) is 105 Å². The van der Waals surface area contributed by atoms with Gasteiger partial charge in [0.25, 0.3) is 0 Å². The van der Waals surface area contributed by atoms with E-state index in [-0.39, 0.29) is 26.4 Å². The molecule has 206 valence electrons. The maximum atomic E-state index is 8.89. The predicted molar refractivity (Wildman–Crippen MR) is 132 cm³/mol. The Bertz CT molecular complexity index is 317. The van der Waals surface area contributed by atoms with Gasteiger partial charge >= 0.3 is 0 Å². The lowest BCUT2D eigenvalue weighted by atomic mass is 10.3. The molecule has 4 N–H and O–H groups in total. The van der Waals surface area contributed by atoms with Gasteiger partial charge in [-0.2, -0.15) is 0 Å². The Morgan fingerprint density at radius 1 is 0.324 bits per heavy atom. The van der Waals surface area contributed by atoms with Crippen molar-refractivity contribution in [3.8, 4) is 0 Å². The van der Waals surface area contributed by atoms with E-state index < -0.39 is 0 Å². The second kappa shape index (κ2) is 28.8. The molecule has 0 aliphatic rings. The number of aliphatic hydroxyl groups excluding tert-OH is 4. The zero-order valence-electron chi connectivity index (χ0n) is 21.3. The van der Waals surface area contributed by atoms with E-state index in [9.17, 15) is 0 Å². The number of nitrogens with zero attached hydrogens (tertiary/aromatic N) is 2. The number of hydrogen-bond acceptors (Lipinski definition) is 10. The monoisotopic (exact) mass is 496 g/mol. The number of aliphatic hydroxyl groups is 4. The largest absolute Gasteiger partial charge is 0.396 e. The predicted octanol–water partition coefficient (Wildman–Crippen LogP) is 0.662. The highest BCUT2D eigenvalue weighted by molar-refractivity contribution is 4.61. The summed E-state index contributed by atoms with van der Waals surface area (Å²) in [5, 5.41) is 40.3. The summed E-state index contributed by atoms with van der Waals surface area (Å²) in [6.45, 7) is 9.02. The van der Waals surface area contributed by atoms with E-state index in [0.29, 0.717) is 78.5 Å². The van der Waals surface area contributed by atoms with Gasteiger partial charge in [0.15, 0.2) is 0 Å². The van der Waals surface area contributed by atoms with Crippen molar-refractivity contribution in [1.29, 1.82) is 0 Å². The second-order valence-corrected chi connectivity index (χ2v) is 8.08. The van der Waals surface area contributed by atoms with Gasteiger partial charge in [-0.05, 0) is 51.4 Å². The lowest BCUT2D eigenvalue weighted by Gasteiger charge is -2.35. The van der Waals surface area contributed by atoms with Crippen LogP contribution in [0.1, 0.15) is 51.4 Å². The zero-order chi connectivity index (χ0) is 25.0. The standard InChI is InChI=1S/C24H52N2O8/c27-13-5-21-31-17-1-9-25(10-2-18-32-22-6-14-28)26(11-3-19-33-23-7-15-29)12-4-20-34-24-8-16-30/h27-30H,1-24H2. The quantitative estimate of drug-likeness (QED) is 0.0867. The van der Waals surface area contributed by atoms with E-state index in [2.05, 4.69) is 10.0 Å². The molecule has 0 aromatic heterocycles. The molecular formula is C24H52N2O8. The molecule has 0 heterocycles. The summed E-state index contributed by atoms with van der Waals surface area (Å²) in [6, 6.07) is 0. The van der Waals surface area contributed by atoms with Gasteiger partial charge in [-0.25, -0.2) is 10.0 Å². The van der Waals surface area contributed by atoms with E-state index in [0.717, 1.165) is 51.9 Å². The smallest absolute Gasteiger partial charge is 0.0487 e. The topological polar surface area (TPSA) is 124 Å². The summed E-state index contributed by atoms with van der Waals surface area (Å²) < 4.78 is 22.4.